The lowest BCUT2D eigenvalue weighted by Gasteiger charge is -1.74. The van der Waals surface area contributed by atoms with Gasteiger partial charge in [0.2, 0.25) is 0 Å². The van der Waals surface area contributed by atoms with Gasteiger partial charge >= 0.3 is 0 Å². The van der Waals surface area contributed by atoms with Crippen LogP contribution in [-0.2, 0) is 0 Å². The van der Waals surface area contributed by atoms with E-state index in [1.54, 1.807) is 5.98 Å². The molecule has 0 fully saturated rings. The maximum Gasteiger partial charge on any atom is 0.102 e. The van der Waals surface area contributed by atoms with Gasteiger partial charge in [0, 0.05) is 0 Å². The van der Waals surface area contributed by atoms with Crippen molar-refractivity contribution >= 4 is 7.85 Å². The fourth-order valence-corrected chi connectivity index (χ4v) is 0. The summed E-state index contributed by atoms with van der Waals surface area (Å²) in [6.07, 6.45) is 0. The predicted molar refractivity (Wildman–Crippen MR) is 25.2 cm³/mol. The molecule has 0 bridgehead atoms. The Bertz CT molecular complexity index is 41.6. The van der Waals surface area contributed by atoms with E-state index in [9.17, 15) is 0 Å². The van der Waals surface area contributed by atoms with E-state index in [-0.39, 0.29) is 0 Å². The van der Waals surface area contributed by atoms with Crippen molar-refractivity contribution in [2.45, 2.75) is 13.8 Å². The summed E-state index contributed by atoms with van der Waals surface area (Å²) < 4.78 is 0. The third kappa shape index (κ3) is 3.80. The Morgan fingerprint density at radius 1 is 1.60 bits per heavy atom. The zero-order valence-corrected chi connectivity index (χ0v) is 3.65. The van der Waals surface area contributed by atoms with Crippen molar-refractivity contribution in [1.82, 2.24) is 0 Å². The van der Waals surface area contributed by atoms with Crippen LogP contribution in [0.4, 0.5) is 0 Å². The second-order valence-corrected chi connectivity index (χ2v) is 1.24. The maximum atomic E-state index is 5.01. The minimum absolute atomic E-state index is 1.16. The molecule has 0 saturated carbocycles. The summed E-state index contributed by atoms with van der Waals surface area (Å²) in [4.78, 5) is 0. The zero-order chi connectivity index (χ0) is 4.28. The molecule has 0 spiro atoms. The van der Waals surface area contributed by atoms with Crippen molar-refractivity contribution in [3.8, 4) is 0 Å². The average molecular weight is 65.9 g/mol. The van der Waals surface area contributed by atoms with Crippen molar-refractivity contribution in [2.75, 3.05) is 0 Å². The second kappa shape index (κ2) is 2.07. The molecule has 0 rings (SSSR count). The van der Waals surface area contributed by atoms with Crippen LogP contribution in [0.2, 0.25) is 0 Å². The van der Waals surface area contributed by atoms with Crippen LogP contribution in [0.5, 0.6) is 0 Å². The number of hydrogen-bond donors (Lipinski definition) is 0. The van der Waals surface area contributed by atoms with E-state index in [0.29, 0.717) is 0 Å². The first-order chi connectivity index (χ1) is 2.27. The minimum Gasteiger partial charge on any atom is -0.133 e. The molecule has 0 aromatic carbocycles. The summed E-state index contributed by atoms with van der Waals surface area (Å²) in [5.74, 6) is 1.58. The SMILES string of the molecule is [B]C=C(C)C. The van der Waals surface area contributed by atoms with Gasteiger partial charge in [-0.3, -0.25) is 0 Å². The van der Waals surface area contributed by atoms with E-state index >= 15 is 0 Å². The van der Waals surface area contributed by atoms with Crippen molar-refractivity contribution in [3.63, 3.8) is 0 Å². The van der Waals surface area contributed by atoms with E-state index in [1.165, 1.54) is 0 Å². The van der Waals surface area contributed by atoms with E-state index < -0.39 is 0 Å². The summed E-state index contributed by atoms with van der Waals surface area (Å²) in [6, 6.07) is 0. The summed E-state index contributed by atoms with van der Waals surface area (Å²) >= 11 is 0. The molecule has 0 aliphatic heterocycles. The van der Waals surface area contributed by atoms with Crippen molar-refractivity contribution in [1.29, 1.82) is 0 Å². The summed E-state index contributed by atoms with van der Waals surface area (Å²) in [5.41, 5.74) is 1.16. The highest BCUT2D eigenvalue weighted by Gasteiger charge is 1.60. The van der Waals surface area contributed by atoms with Crippen LogP contribution in [0.25, 0.3) is 0 Å². The van der Waals surface area contributed by atoms with Crippen LogP contribution in [0.3, 0.4) is 0 Å². The third-order valence-electron chi connectivity index (χ3n) is 0.333. The Balaban J connectivity index is 3.14. The van der Waals surface area contributed by atoms with Gasteiger partial charge in [0.1, 0.15) is 7.85 Å². The first kappa shape index (κ1) is 4.80. The number of rotatable bonds is 0. The topological polar surface area (TPSA) is 0 Å². The molecule has 0 aliphatic rings. The fourth-order valence-electron chi connectivity index (χ4n) is 0. The summed E-state index contributed by atoms with van der Waals surface area (Å²) in [6.45, 7) is 3.92. The van der Waals surface area contributed by atoms with Gasteiger partial charge in [-0.15, -0.1) is 5.98 Å². The molecule has 1 heteroatoms. The van der Waals surface area contributed by atoms with Crippen molar-refractivity contribution < 1.29 is 0 Å². The first-order valence-corrected chi connectivity index (χ1v) is 1.62. The lowest BCUT2D eigenvalue weighted by Crippen LogP contribution is -1.57. The molecule has 26 valence electrons. The molecule has 2 radical (unpaired) electrons. The number of allylic oxidation sites excluding steroid dienone is 1. The number of hydrogen-bond acceptors (Lipinski definition) is 0. The van der Waals surface area contributed by atoms with E-state index in [0.717, 1.165) is 5.57 Å². The summed E-state index contributed by atoms with van der Waals surface area (Å²) in [7, 11) is 5.01. The maximum absolute atomic E-state index is 5.01. The molecule has 0 N–H and O–H groups in total. The molecule has 0 unspecified atom stereocenters. The third-order valence-corrected chi connectivity index (χ3v) is 0.333. The van der Waals surface area contributed by atoms with Gasteiger partial charge in [-0.05, 0) is 13.8 Å². The smallest absolute Gasteiger partial charge is 0.102 e. The summed E-state index contributed by atoms with van der Waals surface area (Å²) in [5, 5.41) is 0. The average Bonchev–Trinajstić information content (AvgIpc) is 1.38. The Morgan fingerprint density at radius 3 is 1.80 bits per heavy atom. The molecule has 0 aromatic rings. The van der Waals surface area contributed by atoms with Gasteiger partial charge in [-0.2, -0.15) is 0 Å². The van der Waals surface area contributed by atoms with Crippen LogP contribution < -0.4 is 0 Å². The van der Waals surface area contributed by atoms with Crippen LogP contribution >= 0.6 is 0 Å². The Kier molecular flexibility index (Phi) is 1.99. The second-order valence-electron chi connectivity index (χ2n) is 1.24. The van der Waals surface area contributed by atoms with Crippen LogP contribution in [0.1, 0.15) is 13.8 Å². The Hall–Kier alpha value is -0.195. The Morgan fingerprint density at radius 2 is 1.80 bits per heavy atom. The van der Waals surface area contributed by atoms with Gasteiger partial charge in [0.15, 0.2) is 0 Å². The molecule has 0 aliphatic carbocycles. The minimum atomic E-state index is 1.16. The lowest BCUT2D eigenvalue weighted by molar-refractivity contribution is 1.41. The van der Waals surface area contributed by atoms with Crippen molar-refractivity contribution in [3.05, 3.63) is 11.5 Å². The quantitative estimate of drug-likeness (QED) is 0.371. The largest absolute Gasteiger partial charge is 0.133 e. The van der Waals surface area contributed by atoms with Crippen LogP contribution in [0, 0.1) is 0 Å². The fraction of sp³-hybridized carbons (Fsp3) is 0.500. The highest BCUT2D eigenvalue weighted by molar-refractivity contribution is 6.17. The van der Waals surface area contributed by atoms with Gasteiger partial charge in [-0.1, -0.05) is 5.57 Å². The van der Waals surface area contributed by atoms with E-state index in [2.05, 4.69) is 0 Å². The molecule has 5 heavy (non-hydrogen) atoms. The van der Waals surface area contributed by atoms with Crippen molar-refractivity contribution in [2.24, 2.45) is 0 Å². The lowest BCUT2D eigenvalue weighted by atomic mass is 10.1. The van der Waals surface area contributed by atoms with E-state index in [1.807, 2.05) is 13.8 Å². The van der Waals surface area contributed by atoms with Gasteiger partial charge in [0.05, 0.1) is 0 Å². The molecule has 0 saturated heterocycles. The van der Waals surface area contributed by atoms with Gasteiger partial charge in [0.25, 0.3) is 0 Å². The van der Waals surface area contributed by atoms with Gasteiger partial charge < -0.3 is 0 Å². The molecule has 0 amide bonds. The van der Waals surface area contributed by atoms with Crippen LogP contribution in [0.15, 0.2) is 11.5 Å². The molecular formula is C4H7B. The highest BCUT2D eigenvalue weighted by Crippen LogP contribution is 1.79. The standard InChI is InChI=1S/C4H7B/c1-4(2)3-5/h3H,1-2H3. The normalized spacial score (nSPS) is 6.80. The predicted octanol–water partition coefficient (Wildman–Crippen LogP) is 1.08. The van der Waals surface area contributed by atoms with Crippen LogP contribution in [-0.4, -0.2) is 7.85 Å². The molecule has 0 aromatic heterocycles. The van der Waals surface area contributed by atoms with Gasteiger partial charge in [-0.25, -0.2) is 0 Å². The highest BCUT2D eigenvalue weighted by atomic mass is 13.6. The Labute approximate surface area is 34.3 Å². The molecule has 0 heterocycles. The molecular weight excluding hydrogens is 58.9 g/mol. The molecule has 0 nitrogen and oxygen atoms in total. The van der Waals surface area contributed by atoms with E-state index in [4.69, 9.17) is 7.85 Å². The molecule has 0 atom stereocenters. The zero-order valence-electron chi connectivity index (χ0n) is 3.65. The first-order valence-electron chi connectivity index (χ1n) is 1.62. The monoisotopic (exact) mass is 66.1 g/mol.